The number of nitrogens with zero attached hydrogens (tertiary/aromatic N) is 5. The molecule has 8 heteroatoms. The highest BCUT2D eigenvalue weighted by atomic mass is 16.4. The van der Waals surface area contributed by atoms with E-state index in [9.17, 15) is 9.59 Å². The van der Waals surface area contributed by atoms with Crippen LogP contribution < -0.4 is 5.56 Å². The Morgan fingerprint density at radius 1 is 1.24 bits per heavy atom. The summed E-state index contributed by atoms with van der Waals surface area (Å²) in [5.74, 6) is 1.20. The van der Waals surface area contributed by atoms with E-state index in [1.54, 1.807) is 42.5 Å². The Hall–Kier alpha value is -3.81. The van der Waals surface area contributed by atoms with Crippen molar-refractivity contribution in [3.05, 3.63) is 76.4 Å². The van der Waals surface area contributed by atoms with Crippen LogP contribution in [-0.4, -0.2) is 36.9 Å². The summed E-state index contributed by atoms with van der Waals surface area (Å²) in [7, 11) is 1.65. The van der Waals surface area contributed by atoms with Crippen LogP contribution in [0, 0.1) is 0 Å². The number of hydrogen-bond donors (Lipinski definition) is 0. The van der Waals surface area contributed by atoms with Crippen molar-refractivity contribution in [3.8, 4) is 11.5 Å². The molecule has 0 bridgehead atoms. The molecule has 4 heterocycles. The molecule has 0 atom stereocenters. The minimum Gasteiger partial charge on any atom is -0.441 e. The SMILES string of the molecule is Cn1cnc2cc(C(=O)N3CCc4oc(-c5cccnc5)nc4C3)ccc2c1=O. The highest BCUT2D eigenvalue weighted by Crippen LogP contribution is 2.26. The Morgan fingerprint density at radius 3 is 2.97 bits per heavy atom. The highest BCUT2D eigenvalue weighted by molar-refractivity contribution is 5.97. The molecular weight excluding hydrogens is 370 g/mol. The monoisotopic (exact) mass is 387 g/mol. The predicted octanol–water partition coefficient (Wildman–Crippen LogP) is 2.18. The summed E-state index contributed by atoms with van der Waals surface area (Å²) < 4.78 is 7.29. The van der Waals surface area contributed by atoms with E-state index >= 15 is 0 Å². The fraction of sp³-hybridized carbons (Fsp3) is 0.190. The number of hydrogen-bond acceptors (Lipinski definition) is 6. The summed E-state index contributed by atoms with van der Waals surface area (Å²) in [5.41, 5.74) is 2.44. The lowest BCUT2D eigenvalue weighted by atomic mass is 10.1. The second kappa shape index (κ2) is 6.66. The molecule has 0 saturated carbocycles. The number of pyridine rings is 1. The first-order valence-electron chi connectivity index (χ1n) is 9.24. The summed E-state index contributed by atoms with van der Waals surface area (Å²) in [6.45, 7) is 0.912. The average Bonchev–Trinajstić information content (AvgIpc) is 3.20. The normalized spacial score (nSPS) is 13.5. The summed E-state index contributed by atoms with van der Waals surface area (Å²) in [6.07, 6.45) is 5.45. The van der Waals surface area contributed by atoms with Crippen LogP contribution in [0.5, 0.6) is 0 Å². The lowest BCUT2D eigenvalue weighted by Crippen LogP contribution is -2.35. The molecule has 5 rings (SSSR count). The van der Waals surface area contributed by atoms with E-state index in [1.807, 2.05) is 12.1 Å². The quantitative estimate of drug-likeness (QED) is 0.523. The Kier molecular flexibility index (Phi) is 3.97. The number of oxazole rings is 1. The van der Waals surface area contributed by atoms with Crippen LogP contribution in [0.1, 0.15) is 21.8 Å². The molecule has 8 nitrogen and oxygen atoms in total. The molecule has 0 fully saturated rings. The summed E-state index contributed by atoms with van der Waals surface area (Å²) in [5, 5.41) is 0.491. The summed E-state index contributed by atoms with van der Waals surface area (Å²) in [4.78, 5) is 39.9. The van der Waals surface area contributed by atoms with Crippen molar-refractivity contribution >= 4 is 16.8 Å². The Morgan fingerprint density at radius 2 is 2.14 bits per heavy atom. The van der Waals surface area contributed by atoms with Gasteiger partial charge < -0.3 is 13.9 Å². The lowest BCUT2D eigenvalue weighted by Gasteiger charge is -2.25. The zero-order chi connectivity index (χ0) is 20.0. The van der Waals surface area contributed by atoms with Gasteiger partial charge in [-0.3, -0.25) is 14.6 Å². The molecule has 0 aliphatic carbocycles. The van der Waals surface area contributed by atoms with Crippen molar-refractivity contribution in [1.29, 1.82) is 0 Å². The molecule has 0 unspecified atom stereocenters. The van der Waals surface area contributed by atoms with Gasteiger partial charge >= 0.3 is 0 Å². The molecular formula is C21H17N5O3. The molecule has 0 N–H and O–H groups in total. The van der Waals surface area contributed by atoms with Gasteiger partial charge in [0, 0.05) is 38.0 Å². The fourth-order valence-corrected chi connectivity index (χ4v) is 3.51. The smallest absolute Gasteiger partial charge is 0.260 e. The second-order valence-corrected chi connectivity index (χ2v) is 7.00. The lowest BCUT2D eigenvalue weighted by molar-refractivity contribution is 0.0728. The predicted molar refractivity (Wildman–Crippen MR) is 105 cm³/mol. The number of fused-ring (bicyclic) bond motifs is 2. The van der Waals surface area contributed by atoms with Gasteiger partial charge in [0.2, 0.25) is 5.89 Å². The first kappa shape index (κ1) is 17.3. The number of aromatic nitrogens is 4. The minimum atomic E-state index is -0.137. The van der Waals surface area contributed by atoms with Gasteiger partial charge in [-0.15, -0.1) is 0 Å². The van der Waals surface area contributed by atoms with Gasteiger partial charge in [-0.05, 0) is 30.3 Å². The van der Waals surface area contributed by atoms with Gasteiger partial charge in [-0.2, -0.15) is 0 Å². The van der Waals surface area contributed by atoms with Crippen LogP contribution in [0.3, 0.4) is 0 Å². The maximum absolute atomic E-state index is 13.0. The maximum Gasteiger partial charge on any atom is 0.260 e. The van der Waals surface area contributed by atoms with Gasteiger partial charge in [0.25, 0.3) is 11.5 Å². The molecule has 3 aromatic heterocycles. The van der Waals surface area contributed by atoms with E-state index in [2.05, 4.69) is 15.0 Å². The molecule has 144 valence electrons. The molecule has 1 aliphatic heterocycles. The van der Waals surface area contributed by atoms with E-state index in [1.165, 1.54) is 10.9 Å². The largest absolute Gasteiger partial charge is 0.441 e. The van der Waals surface area contributed by atoms with Crippen LogP contribution >= 0.6 is 0 Å². The first-order valence-corrected chi connectivity index (χ1v) is 9.24. The Bertz CT molecular complexity index is 1290. The molecule has 1 aromatic carbocycles. The molecule has 0 saturated heterocycles. The van der Waals surface area contributed by atoms with Crippen molar-refractivity contribution in [2.24, 2.45) is 7.05 Å². The standard InChI is InChI=1S/C21H17N5O3/c1-25-12-23-16-9-13(4-5-15(16)21(25)28)20(27)26-8-6-18-17(11-26)24-19(29-18)14-3-2-7-22-10-14/h2-5,7,9-10,12H,6,8,11H2,1H3. The maximum atomic E-state index is 13.0. The van der Waals surface area contributed by atoms with E-state index in [0.717, 1.165) is 17.0 Å². The van der Waals surface area contributed by atoms with Gasteiger partial charge in [0.1, 0.15) is 11.5 Å². The molecule has 0 radical (unpaired) electrons. The minimum absolute atomic E-state index is 0.119. The second-order valence-electron chi connectivity index (χ2n) is 7.00. The van der Waals surface area contributed by atoms with Crippen LogP contribution in [0.15, 0.2) is 58.3 Å². The van der Waals surface area contributed by atoms with Crippen molar-refractivity contribution in [2.45, 2.75) is 13.0 Å². The molecule has 4 aromatic rings. The molecule has 1 aliphatic rings. The number of carbonyl (C=O) groups is 1. The van der Waals surface area contributed by atoms with Crippen molar-refractivity contribution in [1.82, 2.24) is 24.4 Å². The number of aryl methyl sites for hydroxylation is 1. The van der Waals surface area contributed by atoms with Crippen molar-refractivity contribution < 1.29 is 9.21 Å². The number of amides is 1. The van der Waals surface area contributed by atoms with Gasteiger partial charge in [-0.1, -0.05) is 0 Å². The highest BCUT2D eigenvalue weighted by Gasteiger charge is 2.26. The van der Waals surface area contributed by atoms with Gasteiger partial charge in [0.15, 0.2) is 0 Å². The van der Waals surface area contributed by atoms with E-state index in [-0.39, 0.29) is 11.5 Å². The summed E-state index contributed by atoms with van der Waals surface area (Å²) >= 11 is 0. The third-order valence-corrected chi connectivity index (χ3v) is 5.09. The molecule has 29 heavy (non-hydrogen) atoms. The molecule has 0 spiro atoms. The Labute approximate surface area is 165 Å². The van der Waals surface area contributed by atoms with E-state index in [0.29, 0.717) is 41.9 Å². The van der Waals surface area contributed by atoms with Crippen molar-refractivity contribution in [2.75, 3.05) is 6.54 Å². The number of rotatable bonds is 2. The number of benzene rings is 1. The van der Waals surface area contributed by atoms with Crippen LogP contribution in [0.25, 0.3) is 22.4 Å². The van der Waals surface area contributed by atoms with Crippen LogP contribution in [-0.2, 0) is 20.0 Å². The first-order chi connectivity index (χ1) is 14.1. The van der Waals surface area contributed by atoms with Crippen LogP contribution in [0.2, 0.25) is 0 Å². The Balaban J connectivity index is 1.42. The van der Waals surface area contributed by atoms with E-state index in [4.69, 9.17) is 4.42 Å². The van der Waals surface area contributed by atoms with Gasteiger partial charge in [-0.25, -0.2) is 9.97 Å². The van der Waals surface area contributed by atoms with Crippen LogP contribution in [0.4, 0.5) is 0 Å². The topological polar surface area (TPSA) is 94.1 Å². The average molecular weight is 387 g/mol. The van der Waals surface area contributed by atoms with Gasteiger partial charge in [0.05, 0.1) is 29.3 Å². The third kappa shape index (κ3) is 2.98. The van der Waals surface area contributed by atoms with Crippen molar-refractivity contribution in [3.63, 3.8) is 0 Å². The zero-order valence-electron chi connectivity index (χ0n) is 15.7. The third-order valence-electron chi connectivity index (χ3n) is 5.09. The fourth-order valence-electron chi connectivity index (χ4n) is 3.51. The molecule has 1 amide bonds. The zero-order valence-corrected chi connectivity index (χ0v) is 15.7. The number of carbonyl (C=O) groups excluding carboxylic acids is 1. The summed E-state index contributed by atoms with van der Waals surface area (Å²) in [6, 6.07) is 8.71. The van der Waals surface area contributed by atoms with E-state index < -0.39 is 0 Å².